The Balaban J connectivity index is 1.68. The Bertz CT molecular complexity index is 1040. The van der Waals surface area contributed by atoms with E-state index >= 15 is 0 Å². The van der Waals surface area contributed by atoms with Gasteiger partial charge in [-0.2, -0.15) is 0 Å². The average Bonchev–Trinajstić information content (AvgIpc) is 3.10. The van der Waals surface area contributed by atoms with Gasteiger partial charge in [-0.3, -0.25) is 4.98 Å². The molecule has 0 aliphatic carbocycles. The minimum Gasteiger partial charge on any atom is -0.364 e. The molecule has 4 aromatic rings. The fourth-order valence-electron chi connectivity index (χ4n) is 3.03. The smallest absolute Gasteiger partial charge is 0.184 e. The second-order valence-electron chi connectivity index (χ2n) is 7.21. The van der Waals surface area contributed by atoms with Gasteiger partial charge in [-0.15, -0.1) is 5.10 Å². The number of fused-ring (bicyclic) bond motifs is 1. The fraction of sp³-hybridized carbons (Fsp3) is 0.286. The van der Waals surface area contributed by atoms with E-state index in [9.17, 15) is 0 Å². The molecule has 0 fully saturated rings. The number of aromatic nitrogens is 6. The van der Waals surface area contributed by atoms with Gasteiger partial charge in [-0.05, 0) is 23.1 Å². The zero-order valence-corrected chi connectivity index (χ0v) is 16.1. The van der Waals surface area contributed by atoms with Crippen LogP contribution in [0.3, 0.4) is 0 Å². The Labute approximate surface area is 163 Å². The monoisotopic (exact) mass is 373 g/mol. The van der Waals surface area contributed by atoms with Crippen LogP contribution >= 0.6 is 0 Å². The molecule has 0 saturated carbocycles. The maximum atomic E-state index is 4.76. The van der Waals surface area contributed by atoms with Crippen molar-refractivity contribution in [3.63, 3.8) is 0 Å². The van der Waals surface area contributed by atoms with Crippen molar-refractivity contribution in [1.82, 2.24) is 29.9 Å². The molecule has 3 heterocycles. The van der Waals surface area contributed by atoms with Gasteiger partial charge in [-0.25, -0.2) is 14.6 Å². The highest BCUT2D eigenvalue weighted by molar-refractivity contribution is 5.82. The third-order valence-electron chi connectivity index (χ3n) is 4.36. The molecule has 4 rings (SSSR count). The summed E-state index contributed by atoms with van der Waals surface area (Å²) in [5.41, 5.74) is 3.68. The highest BCUT2D eigenvalue weighted by Gasteiger charge is 2.15. The molecule has 142 valence electrons. The van der Waals surface area contributed by atoms with Crippen molar-refractivity contribution in [2.24, 2.45) is 5.92 Å². The number of benzene rings is 1. The number of nitrogens with one attached hydrogen (secondary N) is 1. The third kappa shape index (κ3) is 4.14. The van der Waals surface area contributed by atoms with Gasteiger partial charge in [0.15, 0.2) is 17.0 Å². The molecule has 0 unspecified atom stereocenters. The van der Waals surface area contributed by atoms with Crippen molar-refractivity contribution in [2.75, 3.05) is 5.32 Å². The lowest BCUT2D eigenvalue weighted by atomic mass is 10.1. The van der Waals surface area contributed by atoms with E-state index in [2.05, 4.69) is 46.6 Å². The molecule has 3 aromatic heterocycles. The van der Waals surface area contributed by atoms with Gasteiger partial charge in [0.2, 0.25) is 0 Å². The first kappa shape index (κ1) is 18.0. The summed E-state index contributed by atoms with van der Waals surface area (Å²) < 4.78 is 1.84. The minimum atomic E-state index is 0.460. The highest BCUT2D eigenvalue weighted by Crippen LogP contribution is 2.20. The molecule has 28 heavy (non-hydrogen) atoms. The third-order valence-corrected chi connectivity index (χ3v) is 4.36. The lowest BCUT2D eigenvalue weighted by molar-refractivity contribution is 0.618. The van der Waals surface area contributed by atoms with Gasteiger partial charge in [0.05, 0.1) is 6.54 Å². The normalized spacial score (nSPS) is 11.2. The predicted molar refractivity (Wildman–Crippen MR) is 109 cm³/mol. The molecule has 0 bridgehead atoms. The Kier molecular flexibility index (Phi) is 5.23. The van der Waals surface area contributed by atoms with Crippen LogP contribution in [-0.2, 0) is 19.5 Å². The number of nitrogens with zero attached hydrogens (tertiary/aromatic N) is 6. The fourth-order valence-corrected chi connectivity index (χ4v) is 3.03. The summed E-state index contributed by atoms with van der Waals surface area (Å²) in [6, 6.07) is 14.2. The van der Waals surface area contributed by atoms with E-state index in [0.29, 0.717) is 30.3 Å². The topological polar surface area (TPSA) is 81.4 Å². The van der Waals surface area contributed by atoms with Crippen LogP contribution in [0.5, 0.6) is 0 Å². The van der Waals surface area contributed by atoms with E-state index in [1.807, 2.05) is 41.2 Å². The van der Waals surface area contributed by atoms with Crippen LogP contribution in [0, 0.1) is 5.92 Å². The van der Waals surface area contributed by atoms with Gasteiger partial charge >= 0.3 is 0 Å². The second-order valence-corrected chi connectivity index (χ2v) is 7.21. The minimum absolute atomic E-state index is 0.460. The van der Waals surface area contributed by atoms with E-state index in [1.165, 1.54) is 0 Å². The van der Waals surface area contributed by atoms with Gasteiger partial charge in [0.25, 0.3) is 0 Å². The SMILES string of the molecule is CC(C)Cc1nc(NCc2cccnc2)c2nnn(Cc3ccccc3)c2n1. The van der Waals surface area contributed by atoms with Crippen LogP contribution < -0.4 is 5.32 Å². The molecule has 7 heteroatoms. The van der Waals surface area contributed by atoms with Crippen LogP contribution in [0.1, 0.15) is 30.8 Å². The van der Waals surface area contributed by atoms with Crippen molar-refractivity contribution < 1.29 is 0 Å². The summed E-state index contributed by atoms with van der Waals surface area (Å²) in [4.78, 5) is 13.6. The van der Waals surface area contributed by atoms with Gasteiger partial charge < -0.3 is 5.32 Å². The molecular weight excluding hydrogens is 350 g/mol. The summed E-state index contributed by atoms with van der Waals surface area (Å²) in [5, 5.41) is 12.1. The van der Waals surface area contributed by atoms with E-state index in [1.54, 1.807) is 6.20 Å². The van der Waals surface area contributed by atoms with E-state index in [4.69, 9.17) is 9.97 Å². The first-order valence-electron chi connectivity index (χ1n) is 9.46. The number of rotatable bonds is 7. The molecule has 1 aromatic carbocycles. The lowest BCUT2D eigenvalue weighted by Gasteiger charge is -2.10. The summed E-state index contributed by atoms with van der Waals surface area (Å²) in [6.45, 7) is 5.57. The van der Waals surface area contributed by atoms with Crippen molar-refractivity contribution in [3.05, 3.63) is 71.8 Å². The van der Waals surface area contributed by atoms with Crippen LogP contribution in [0.4, 0.5) is 5.82 Å². The second kappa shape index (κ2) is 8.12. The van der Waals surface area contributed by atoms with Crippen molar-refractivity contribution in [3.8, 4) is 0 Å². The Morgan fingerprint density at radius 3 is 2.57 bits per heavy atom. The van der Waals surface area contributed by atoms with Crippen LogP contribution in [0.25, 0.3) is 11.2 Å². The van der Waals surface area contributed by atoms with Crippen molar-refractivity contribution >= 4 is 17.0 Å². The van der Waals surface area contributed by atoms with Gasteiger partial charge in [-0.1, -0.05) is 55.5 Å². The van der Waals surface area contributed by atoms with Gasteiger partial charge in [0.1, 0.15) is 5.82 Å². The molecule has 0 aliphatic heterocycles. The van der Waals surface area contributed by atoms with E-state index in [0.717, 1.165) is 29.0 Å². The molecule has 0 spiro atoms. The molecule has 0 saturated heterocycles. The maximum Gasteiger partial charge on any atom is 0.184 e. The largest absolute Gasteiger partial charge is 0.364 e. The maximum absolute atomic E-state index is 4.76. The van der Waals surface area contributed by atoms with Gasteiger partial charge in [0, 0.05) is 25.4 Å². The quantitative estimate of drug-likeness (QED) is 0.534. The Morgan fingerprint density at radius 2 is 1.82 bits per heavy atom. The number of anilines is 1. The molecule has 7 nitrogen and oxygen atoms in total. The summed E-state index contributed by atoms with van der Waals surface area (Å²) in [7, 11) is 0. The molecule has 0 amide bonds. The molecule has 1 N–H and O–H groups in total. The molecule has 0 atom stereocenters. The van der Waals surface area contributed by atoms with Crippen LogP contribution in [0.15, 0.2) is 54.9 Å². The number of pyridine rings is 1. The number of hydrogen-bond donors (Lipinski definition) is 1. The zero-order valence-electron chi connectivity index (χ0n) is 16.1. The Hall–Kier alpha value is -3.35. The lowest BCUT2D eigenvalue weighted by Crippen LogP contribution is -2.09. The zero-order chi connectivity index (χ0) is 19.3. The predicted octanol–water partition coefficient (Wildman–Crippen LogP) is 3.48. The Morgan fingerprint density at radius 1 is 1.00 bits per heavy atom. The van der Waals surface area contributed by atoms with E-state index in [-0.39, 0.29) is 0 Å². The summed E-state index contributed by atoms with van der Waals surface area (Å²) in [5.74, 6) is 1.97. The molecule has 0 radical (unpaired) electrons. The summed E-state index contributed by atoms with van der Waals surface area (Å²) in [6.07, 6.45) is 4.41. The van der Waals surface area contributed by atoms with Crippen LogP contribution in [0.2, 0.25) is 0 Å². The average molecular weight is 373 g/mol. The van der Waals surface area contributed by atoms with Crippen molar-refractivity contribution in [2.45, 2.75) is 33.4 Å². The standard InChI is InChI=1S/C21H23N7/c1-15(2)11-18-24-20(23-13-17-9-6-10-22-12-17)19-21(25-18)28(27-26-19)14-16-7-4-3-5-8-16/h3-10,12,15H,11,13-14H2,1-2H3,(H,23,24,25). The molecular formula is C21H23N7. The van der Waals surface area contributed by atoms with Crippen LogP contribution in [-0.4, -0.2) is 29.9 Å². The molecule has 0 aliphatic rings. The first-order chi connectivity index (χ1) is 13.7. The highest BCUT2D eigenvalue weighted by atomic mass is 15.4. The first-order valence-corrected chi connectivity index (χ1v) is 9.46. The number of hydrogen-bond acceptors (Lipinski definition) is 6. The van der Waals surface area contributed by atoms with E-state index < -0.39 is 0 Å². The summed E-state index contributed by atoms with van der Waals surface area (Å²) >= 11 is 0. The van der Waals surface area contributed by atoms with Crippen molar-refractivity contribution in [1.29, 1.82) is 0 Å².